The highest BCUT2D eigenvalue weighted by Crippen LogP contribution is 2.33. The topological polar surface area (TPSA) is 41.1 Å². The Balaban J connectivity index is 1.50. The summed E-state index contributed by atoms with van der Waals surface area (Å²) in [4.78, 5) is 11.5. The molecular formula is C19H23FN4. The summed E-state index contributed by atoms with van der Waals surface area (Å²) in [7, 11) is 0. The lowest BCUT2D eigenvalue weighted by molar-refractivity contribution is 0.0455. The van der Waals surface area contributed by atoms with Crippen molar-refractivity contribution in [3.05, 3.63) is 42.0 Å². The number of hydrogen-bond donors (Lipinski definition) is 1. The van der Waals surface area contributed by atoms with E-state index in [1.807, 2.05) is 6.07 Å². The zero-order valence-electron chi connectivity index (χ0n) is 14.2. The highest BCUT2D eigenvalue weighted by molar-refractivity contribution is 5.62. The number of nitrogens with zero attached hydrogens (tertiary/aromatic N) is 3. The molecule has 1 N–H and O–H groups in total. The number of aromatic nitrogens is 2. The van der Waals surface area contributed by atoms with Crippen LogP contribution in [-0.4, -0.2) is 40.0 Å². The van der Waals surface area contributed by atoms with Crippen molar-refractivity contribution < 1.29 is 4.39 Å². The molecule has 0 radical (unpaired) electrons. The maximum Gasteiger partial charge on any atom is 0.222 e. The first-order valence-corrected chi connectivity index (χ1v) is 8.71. The Morgan fingerprint density at radius 1 is 1.12 bits per heavy atom. The van der Waals surface area contributed by atoms with Gasteiger partial charge in [0, 0.05) is 30.0 Å². The zero-order valence-corrected chi connectivity index (χ0v) is 14.2. The van der Waals surface area contributed by atoms with Crippen LogP contribution in [0.25, 0.3) is 11.1 Å². The summed E-state index contributed by atoms with van der Waals surface area (Å²) in [6, 6.07) is 6.16. The van der Waals surface area contributed by atoms with Crippen LogP contribution in [0.15, 0.2) is 30.6 Å². The van der Waals surface area contributed by atoms with Gasteiger partial charge in [0.15, 0.2) is 0 Å². The molecule has 24 heavy (non-hydrogen) atoms. The number of anilines is 1. The lowest BCUT2D eigenvalue weighted by Gasteiger charge is -2.49. The third-order valence-corrected chi connectivity index (χ3v) is 5.63. The quantitative estimate of drug-likeness (QED) is 0.937. The molecule has 5 rings (SSSR count). The number of benzene rings is 1. The van der Waals surface area contributed by atoms with Crippen LogP contribution in [-0.2, 0) is 0 Å². The third-order valence-electron chi connectivity index (χ3n) is 5.63. The zero-order chi connectivity index (χ0) is 16.7. The van der Waals surface area contributed by atoms with Gasteiger partial charge in [-0.3, -0.25) is 4.90 Å². The van der Waals surface area contributed by atoms with E-state index in [1.165, 1.54) is 32.0 Å². The molecule has 3 aliphatic heterocycles. The second-order valence-corrected chi connectivity index (χ2v) is 7.04. The molecule has 2 atom stereocenters. The minimum atomic E-state index is -0.198. The van der Waals surface area contributed by atoms with Crippen LogP contribution in [0.3, 0.4) is 0 Å². The number of hydrogen-bond acceptors (Lipinski definition) is 4. The van der Waals surface area contributed by atoms with E-state index < -0.39 is 0 Å². The van der Waals surface area contributed by atoms with E-state index in [0.717, 1.165) is 11.1 Å². The molecule has 0 spiro atoms. The van der Waals surface area contributed by atoms with Crippen molar-refractivity contribution in [2.75, 3.05) is 18.4 Å². The molecule has 0 unspecified atom stereocenters. The first-order chi connectivity index (χ1) is 11.6. The Morgan fingerprint density at radius 3 is 2.46 bits per heavy atom. The van der Waals surface area contributed by atoms with Crippen LogP contribution in [0.2, 0.25) is 0 Å². The highest BCUT2D eigenvalue weighted by Gasteiger charge is 2.39. The predicted octanol–water partition coefficient (Wildman–Crippen LogP) is 3.49. The van der Waals surface area contributed by atoms with E-state index in [2.05, 4.69) is 27.1 Å². The summed E-state index contributed by atoms with van der Waals surface area (Å²) in [5, 5.41) is 3.52. The van der Waals surface area contributed by atoms with Crippen LogP contribution in [0, 0.1) is 18.7 Å². The second-order valence-electron chi connectivity index (χ2n) is 7.04. The van der Waals surface area contributed by atoms with Gasteiger partial charge in [-0.15, -0.1) is 0 Å². The predicted molar refractivity (Wildman–Crippen MR) is 93.3 cm³/mol. The Morgan fingerprint density at radius 2 is 1.83 bits per heavy atom. The molecular weight excluding hydrogens is 303 g/mol. The number of fused-ring (bicyclic) bond motifs is 3. The van der Waals surface area contributed by atoms with Crippen LogP contribution in [0.5, 0.6) is 0 Å². The van der Waals surface area contributed by atoms with E-state index in [9.17, 15) is 4.39 Å². The van der Waals surface area contributed by atoms with Gasteiger partial charge in [0.2, 0.25) is 5.95 Å². The molecule has 2 bridgehead atoms. The maximum atomic E-state index is 13.7. The fourth-order valence-corrected chi connectivity index (χ4v) is 4.02. The summed E-state index contributed by atoms with van der Waals surface area (Å²) in [6.07, 6.45) is 6.04. The molecule has 1 aromatic heterocycles. The number of aryl methyl sites for hydroxylation is 1. The lowest BCUT2D eigenvalue weighted by atomic mass is 9.79. The van der Waals surface area contributed by atoms with Crippen molar-refractivity contribution in [2.24, 2.45) is 5.92 Å². The highest BCUT2D eigenvalue weighted by atomic mass is 19.1. The first kappa shape index (κ1) is 15.5. The number of nitrogens with one attached hydrogen (secondary N) is 1. The van der Waals surface area contributed by atoms with Crippen molar-refractivity contribution in [1.82, 2.24) is 14.9 Å². The average molecular weight is 326 g/mol. The number of rotatable bonds is 3. The Hall–Kier alpha value is -2.01. The van der Waals surface area contributed by atoms with Gasteiger partial charge in [-0.05, 0) is 62.9 Å². The number of piperidine rings is 3. The second kappa shape index (κ2) is 6.13. The van der Waals surface area contributed by atoms with E-state index in [1.54, 1.807) is 25.4 Å². The van der Waals surface area contributed by atoms with Gasteiger partial charge >= 0.3 is 0 Å². The molecule has 4 nitrogen and oxygen atoms in total. The Bertz CT molecular complexity index is 721. The largest absolute Gasteiger partial charge is 0.350 e. The summed E-state index contributed by atoms with van der Waals surface area (Å²) in [6.45, 7) is 6.47. The minimum Gasteiger partial charge on any atom is -0.350 e. The van der Waals surface area contributed by atoms with Crippen LogP contribution in [0.1, 0.15) is 25.3 Å². The van der Waals surface area contributed by atoms with E-state index in [0.29, 0.717) is 29.5 Å². The van der Waals surface area contributed by atoms with Gasteiger partial charge in [-0.1, -0.05) is 12.1 Å². The normalized spacial score (nSPS) is 28.8. The fourth-order valence-electron chi connectivity index (χ4n) is 4.02. The van der Waals surface area contributed by atoms with Crippen LogP contribution in [0.4, 0.5) is 10.3 Å². The molecule has 4 heterocycles. The monoisotopic (exact) mass is 326 g/mol. The minimum absolute atomic E-state index is 0.198. The molecule has 5 heteroatoms. The van der Waals surface area contributed by atoms with Crippen LogP contribution >= 0.6 is 0 Å². The van der Waals surface area contributed by atoms with E-state index in [-0.39, 0.29) is 5.82 Å². The van der Waals surface area contributed by atoms with Gasteiger partial charge in [0.25, 0.3) is 0 Å². The van der Waals surface area contributed by atoms with Crippen molar-refractivity contribution in [3.8, 4) is 11.1 Å². The van der Waals surface area contributed by atoms with E-state index >= 15 is 0 Å². The smallest absolute Gasteiger partial charge is 0.222 e. The molecule has 0 saturated carbocycles. The third kappa shape index (κ3) is 2.77. The van der Waals surface area contributed by atoms with Crippen molar-refractivity contribution >= 4 is 5.95 Å². The summed E-state index contributed by atoms with van der Waals surface area (Å²) in [5.41, 5.74) is 2.29. The standard InChI is InChI=1S/C19H23FN4/c1-12-3-4-15(9-17(12)20)16-10-21-19(22-11-16)23-18-13(2)24-7-5-14(18)6-8-24/h3-4,9-11,13-14,18H,5-8H2,1-2H3,(H,21,22,23)/t13-,18+/m1/s1. The van der Waals surface area contributed by atoms with Gasteiger partial charge in [0.05, 0.1) is 0 Å². The summed E-state index contributed by atoms with van der Waals surface area (Å²) >= 11 is 0. The van der Waals surface area contributed by atoms with Crippen LogP contribution < -0.4 is 5.32 Å². The van der Waals surface area contributed by atoms with Gasteiger partial charge in [-0.25, -0.2) is 14.4 Å². The van der Waals surface area contributed by atoms with Gasteiger partial charge in [-0.2, -0.15) is 0 Å². The van der Waals surface area contributed by atoms with Gasteiger partial charge < -0.3 is 5.32 Å². The fraction of sp³-hybridized carbons (Fsp3) is 0.474. The number of halogens is 1. The molecule has 0 aliphatic carbocycles. The lowest BCUT2D eigenvalue weighted by Crippen LogP contribution is -2.59. The Kier molecular flexibility index (Phi) is 3.96. The summed E-state index contributed by atoms with van der Waals surface area (Å²) in [5.74, 6) is 1.17. The first-order valence-electron chi connectivity index (χ1n) is 8.71. The SMILES string of the molecule is Cc1ccc(-c2cnc(N[C@@H]3C4CCN(CC4)[C@@H]3C)nc2)cc1F. The molecule has 126 valence electrons. The average Bonchev–Trinajstić information content (AvgIpc) is 2.61. The van der Waals surface area contributed by atoms with Crippen molar-refractivity contribution in [1.29, 1.82) is 0 Å². The molecule has 3 fully saturated rings. The van der Waals surface area contributed by atoms with Crippen molar-refractivity contribution in [2.45, 2.75) is 38.8 Å². The maximum absolute atomic E-state index is 13.7. The molecule has 0 amide bonds. The van der Waals surface area contributed by atoms with Crippen molar-refractivity contribution in [3.63, 3.8) is 0 Å². The molecule has 2 aromatic rings. The van der Waals surface area contributed by atoms with Gasteiger partial charge in [0.1, 0.15) is 5.82 Å². The summed E-state index contributed by atoms with van der Waals surface area (Å²) < 4.78 is 13.7. The molecule has 3 aliphatic rings. The molecule has 1 aromatic carbocycles. The van der Waals surface area contributed by atoms with E-state index in [4.69, 9.17) is 0 Å². The Labute approximate surface area is 142 Å². The molecule has 3 saturated heterocycles.